The molecule has 0 saturated carbocycles. The van der Waals surface area contributed by atoms with Gasteiger partial charge in [-0.3, -0.25) is 4.79 Å². The van der Waals surface area contributed by atoms with Crippen molar-refractivity contribution in [3.05, 3.63) is 40.6 Å². The Morgan fingerprint density at radius 1 is 1.24 bits per heavy atom. The molecule has 0 amide bonds. The lowest BCUT2D eigenvalue weighted by molar-refractivity contribution is -0.115. The first-order valence-corrected chi connectivity index (χ1v) is 6.04. The maximum Gasteiger partial charge on any atom is 0.157 e. The molecule has 0 bridgehead atoms. The molecule has 3 nitrogen and oxygen atoms in total. The number of hydrazine groups is 1. The summed E-state index contributed by atoms with van der Waals surface area (Å²) in [6.07, 6.45) is 4.13. The number of aryl methyl sites for hydroxylation is 1. The van der Waals surface area contributed by atoms with Crippen LogP contribution in [0.4, 0.5) is 5.69 Å². The van der Waals surface area contributed by atoms with Crippen LogP contribution in [0, 0.1) is 6.92 Å². The normalized spacial score (nSPS) is 15.4. The first-order valence-electron chi connectivity index (χ1n) is 5.67. The predicted octanol–water partition coefficient (Wildman–Crippen LogP) is 3.20. The Morgan fingerprint density at radius 3 is 2.76 bits per heavy atom. The van der Waals surface area contributed by atoms with Gasteiger partial charge in [0.2, 0.25) is 0 Å². The molecular weight excluding hydrogens is 236 g/mol. The van der Waals surface area contributed by atoms with E-state index in [1.807, 2.05) is 25.1 Å². The van der Waals surface area contributed by atoms with Gasteiger partial charge in [-0.2, -0.15) is 0 Å². The second kappa shape index (κ2) is 5.23. The molecule has 0 heterocycles. The summed E-state index contributed by atoms with van der Waals surface area (Å²) in [5, 5.41) is 0.727. The molecule has 17 heavy (non-hydrogen) atoms. The van der Waals surface area contributed by atoms with E-state index in [1.54, 1.807) is 6.08 Å². The van der Waals surface area contributed by atoms with Gasteiger partial charge in [0, 0.05) is 23.2 Å². The average Bonchev–Trinajstić information content (AvgIpc) is 2.31. The molecule has 1 aliphatic carbocycles. The van der Waals surface area contributed by atoms with E-state index in [-0.39, 0.29) is 5.78 Å². The predicted molar refractivity (Wildman–Crippen MR) is 69.9 cm³/mol. The van der Waals surface area contributed by atoms with Crippen molar-refractivity contribution < 1.29 is 4.79 Å². The van der Waals surface area contributed by atoms with E-state index in [9.17, 15) is 4.79 Å². The van der Waals surface area contributed by atoms with Crippen LogP contribution >= 0.6 is 11.6 Å². The number of allylic oxidation sites excluding steroid dienone is 2. The van der Waals surface area contributed by atoms with Crippen LogP contribution < -0.4 is 10.9 Å². The highest BCUT2D eigenvalue weighted by molar-refractivity contribution is 6.31. The third kappa shape index (κ3) is 3.24. The zero-order valence-electron chi connectivity index (χ0n) is 9.72. The van der Waals surface area contributed by atoms with E-state index in [0.717, 1.165) is 34.8 Å². The highest BCUT2D eigenvalue weighted by Crippen LogP contribution is 2.20. The number of anilines is 1. The molecule has 0 saturated heterocycles. The van der Waals surface area contributed by atoms with Gasteiger partial charge in [-0.15, -0.1) is 0 Å². The maximum atomic E-state index is 11.2. The number of nitrogens with one attached hydrogen (secondary N) is 2. The van der Waals surface area contributed by atoms with Crippen molar-refractivity contribution in [2.45, 2.75) is 26.2 Å². The Kier molecular flexibility index (Phi) is 3.69. The Balaban J connectivity index is 1.97. The smallest absolute Gasteiger partial charge is 0.157 e. The lowest BCUT2D eigenvalue weighted by atomic mass is 10.0. The molecule has 2 rings (SSSR count). The molecule has 1 aromatic rings. The van der Waals surface area contributed by atoms with Gasteiger partial charge in [0.15, 0.2) is 5.78 Å². The molecule has 4 heteroatoms. The highest BCUT2D eigenvalue weighted by Gasteiger charge is 2.09. The first-order chi connectivity index (χ1) is 8.15. The topological polar surface area (TPSA) is 41.1 Å². The van der Waals surface area contributed by atoms with Gasteiger partial charge in [0.1, 0.15) is 0 Å². The molecule has 0 fully saturated rings. The van der Waals surface area contributed by atoms with Crippen molar-refractivity contribution in [1.82, 2.24) is 5.43 Å². The Bertz CT molecular complexity index is 468. The molecular formula is C13H15ClN2O. The molecule has 0 atom stereocenters. The molecule has 0 radical (unpaired) electrons. The van der Waals surface area contributed by atoms with Crippen molar-refractivity contribution in [2.75, 3.05) is 5.43 Å². The number of halogens is 1. The van der Waals surface area contributed by atoms with Crippen LogP contribution in [0.3, 0.4) is 0 Å². The summed E-state index contributed by atoms with van der Waals surface area (Å²) in [6, 6.07) is 5.75. The lowest BCUT2D eigenvalue weighted by Crippen LogP contribution is -2.23. The van der Waals surface area contributed by atoms with Crippen LogP contribution in [0.1, 0.15) is 24.8 Å². The number of hydrogen-bond acceptors (Lipinski definition) is 3. The second-order valence-corrected chi connectivity index (χ2v) is 4.61. The first kappa shape index (κ1) is 12.0. The monoisotopic (exact) mass is 250 g/mol. The van der Waals surface area contributed by atoms with Crippen LogP contribution in [0.5, 0.6) is 0 Å². The van der Waals surface area contributed by atoms with Crippen LogP contribution in [0.25, 0.3) is 0 Å². The highest BCUT2D eigenvalue weighted by atomic mass is 35.5. The Labute approximate surface area is 106 Å². The maximum absolute atomic E-state index is 11.2. The minimum Gasteiger partial charge on any atom is -0.305 e. The third-order valence-electron chi connectivity index (χ3n) is 2.74. The number of rotatable bonds is 3. The lowest BCUT2D eigenvalue weighted by Gasteiger charge is -2.16. The number of carbonyl (C=O) groups is 1. The molecule has 2 N–H and O–H groups in total. The minimum absolute atomic E-state index is 0.183. The summed E-state index contributed by atoms with van der Waals surface area (Å²) in [5.74, 6) is 0.183. The standard InChI is InChI=1S/C13H15ClN2O/c1-9-5-6-11(8-13(9)14)16-15-10-3-2-4-12(17)7-10/h5-8,15-16H,2-4H2,1H3. The summed E-state index contributed by atoms with van der Waals surface area (Å²) in [6.45, 7) is 1.96. The largest absolute Gasteiger partial charge is 0.305 e. The number of benzene rings is 1. The molecule has 1 aromatic carbocycles. The van der Waals surface area contributed by atoms with Gasteiger partial charge in [0.25, 0.3) is 0 Å². The summed E-state index contributed by atoms with van der Waals surface area (Å²) in [7, 11) is 0. The molecule has 90 valence electrons. The minimum atomic E-state index is 0.183. The van der Waals surface area contributed by atoms with Crippen molar-refractivity contribution in [3.8, 4) is 0 Å². The van der Waals surface area contributed by atoms with Gasteiger partial charge in [-0.25, -0.2) is 0 Å². The van der Waals surface area contributed by atoms with Crippen LogP contribution in [0.2, 0.25) is 5.02 Å². The van der Waals surface area contributed by atoms with E-state index < -0.39 is 0 Å². The van der Waals surface area contributed by atoms with Crippen LogP contribution in [-0.2, 0) is 4.79 Å². The fourth-order valence-corrected chi connectivity index (χ4v) is 1.89. The summed E-state index contributed by atoms with van der Waals surface area (Å²) < 4.78 is 0. The molecule has 1 aliphatic rings. The fraction of sp³-hybridized carbons (Fsp3) is 0.308. The zero-order valence-corrected chi connectivity index (χ0v) is 10.5. The Hall–Kier alpha value is -1.48. The van der Waals surface area contributed by atoms with E-state index in [2.05, 4.69) is 10.9 Å². The Morgan fingerprint density at radius 2 is 2.06 bits per heavy atom. The molecule has 0 aliphatic heterocycles. The summed E-state index contributed by atoms with van der Waals surface area (Å²) >= 11 is 6.02. The molecule has 0 aromatic heterocycles. The van der Waals surface area contributed by atoms with E-state index in [4.69, 9.17) is 11.6 Å². The quantitative estimate of drug-likeness (QED) is 0.810. The third-order valence-corrected chi connectivity index (χ3v) is 3.15. The number of ketones is 1. The number of hydrogen-bond donors (Lipinski definition) is 2. The second-order valence-electron chi connectivity index (χ2n) is 4.20. The molecule has 0 spiro atoms. The van der Waals surface area contributed by atoms with Crippen LogP contribution in [0.15, 0.2) is 30.0 Å². The SMILES string of the molecule is Cc1ccc(NNC2=CC(=O)CCC2)cc1Cl. The van der Waals surface area contributed by atoms with Crippen molar-refractivity contribution >= 4 is 23.1 Å². The van der Waals surface area contributed by atoms with Crippen molar-refractivity contribution in [2.24, 2.45) is 0 Å². The van der Waals surface area contributed by atoms with Crippen LogP contribution in [-0.4, -0.2) is 5.78 Å². The molecule has 0 unspecified atom stereocenters. The van der Waals surface area contributed by atoms with Gasteiger partial charge in [0.05, 0.1) is 5.69 Å². The zero-order chi connectivity index (χ0) is 12.3. The van der Waals surface area contributed by atoms with Gasteiger partial charge >= 0.3 is 0 Å². The van der Waals surface area contributed by atoms with E-state index in [1.165, 1.54) is 0 Å². The van der Waals surface area contributed by atoms with E-state index >= 15 is 0 Å². The van der Waals surface area contributed by atoms with E-state index in [0.29, 0.717) is 6.42 Å². The number of carbonyl (C=O) groups excluding carboxylic acids is 1. The van der Waals surface area contributed by atoms with Crippen molar-refractivity contribution in [1.29, 1.82) is 0 Å². The van der Waals surface area contributed by atoms with Gasteiger partial charge < -0.3 is 10.9 Å². The average molecular weight is 251 g/mol. The van der Waals surface area contributed by atoms with Gasteiger partial charge in [-0.1, -0.05) is 17.7 Å². The fourth-order valence-electron chi connectivity index (χ4n) is 1.71. The van der Waals surface area contributed by atoms with Crippen molar-refractivity contribution in [3.63, 3.8) is 0 Å². The van der Waals surface area contributed by atoms with Gasteiger partial charge in [-0.05, 0) is 37.5 Å². The summed E-state index contributed by atoms with van der Waals surface area (Å²) in [4.78, 5) is 11.2. The summed E-state index contributed by atoms with van der Waals surface area (Å²) in [5.41, 5.74) is 8.96.